The van der Waals surface area contributed by atoms with E-state index in [0.29, 0.717) is 11.6 Å². The molecule has 126 valence electrons. The first-order chi connectivity index (χ1) is 11.3. The number of carbonyl (C=O) groups is 1. The van der Waals surface area contributed by atoms with Gasteiger partial charge in [0.15, 0.2) is 0 Å². The first-order valence-corrected chi connectivity index (χ1v) is 8.29. The summed E-state index contributed by atoms with van der Waals surface area (Å²) >= 11 is 0. The van der Waals surface area contributed by atoms with Crippen LogP contribution in [0.2, 0.25) is 0 Å². The van der Waals surface area contributed by atoms with Gasteiger partial charge < -0.3 is 20.1 Å². The van der Waals surface area contributed by atoms with Gasteiger partial charge in [-0.15, -0.1) is 0 Å². The van der Waals surface area contributed by atoms with Crippen molar-refractivity contribution in [3.8, 4) is 0 Å². The van der Waals surface area contributed by atoms with Crippen molar-refractivity contribution >= 4 is 11.6 Å². The monoisotopic (exact) mass is 319 g/mol. The molecule has 2 aliphatic rings. The van der Waals surface area contributed by atoms with Crippen molar-refractivity contribution in [1.82, 2.24) is 4.90 Å². The number of carbonyl (C=O) groups excluding carboxylic acids is 1. The Bertz CT molecular complexity index is 526. The number of morpholine rings is 1. The molecule has 23 heavy (non-hydrogen) atoms. The number of para-hydroxylation sites is 1. The lowest BCUT2D eigenvalue weighted by Gasteiger charge is -2.41. The van der Waals surface area contributed by atoms with Gasteiger partial charge in [0.1, 0.15) is 0 Å². The van der Waals surface area contributed by atoms with Crippen LogP contribution in [0.15, 0.2) is 24.3 Å². The first-order valence-electron chi connectivity index (χ1n) is 8.29. The first kappa shape index (κ1) is 16.2. The van der Waals surface area contributed by atoms with Crippen LogP contribution in [0.5, 0.6) is 0 Å². The quantitative estimate of drug-likeness (QED) is 0.879. The molecule has 1 aromatic carbocycles. The van der Waals surface area contributed by atoms with Crippen LogP contribution >= 0.6 is 0 Å². The molecule has 0 radical (unpaired) electrons. The number of primary amides is 1. The summed E-state index contributed by atoms with van der Waals surface area (Å²) in [6.45, 7) is 5.68. The lowest BCUT2D eigenvalue weighted by molar-refractivity contribution is 0.0329. The van der Waals surface area contributed by atoms with Gasteiger partial charge in [0.25, 0.3) is 5.91 Å². The van der Waals surface area contributed by atoms with Gasteiger partial charge in [-0.2, -0.15) is 0 Å². The number of anilines is 1. The average molecular weight is 319 g/mol. The van der Waals surface area contributed by atoms with E-state index in [2.05, 4.69) is 9.80 Å². The molecule has 0 aromatic heterocycles. The zero-order valence-electron chi connectivity index (χ0n) is 13.4. The van der Waals surface area contributed by atoms with Gasteiger partial charge in [0.2, 0.25) is 0 Å². The number of nitrogens with two attached hydrogens (primary N) is 1. The van der Waals surface area contributed by atoms with Crippen LogP contribution in [0, 0.1) is 0 Å². The van der Waals surface area contributed by atoms with Gasteiger partial charge in [-0.05, 0) is 25.0 Å². The molecule has 2 fully saturated rings. The van der Waals surface area contributed by atoms with Gasteiger partial charge in [0, 0.05) is 32.3 Å². The third-order valence-electron chi connectivity index (χ3n) is 4.57. The Morgan fingerprint density at radius 3 is 2.48 bits per heavy atom. The minimum atomic E-state index is -0.375. The maximum absolute atomic E-state index is 11.8. The van der Waals surface area contributed by atoms with Crippen molar-refractivity contribution in [2.75, 3.05) is 51.1 Å². The molecule has 1 amide bonds. The molecule has 0 atom stereocenters. The highest BCUT2D eigenvalue weighted by atomic mass is 16.5. The standard InChI is InChI=1S/C17H25N3O3/c18-17(21)15-3-1-2-4-16(15)20(14-5-9-22-10-6-14)13-19-7-11-23-12-8-19/h1-4,14H,5-13H2,(H2,18,21). The number of amides is 1. The third-order valence-corrected chi connectivity index (χ3v) is 4.57. The van der Waals surface area contributed by atoms with Crippen LogP contribution in [0.25, 0.3) is 0 Å². The van der Waals surface area contributed by atoms with E-state index in [-0.39, 0.29) is 5.91 Å². The summed E-state index contributed by atoms with van der Waals surface area (Å²) in [6.07, 6.45) is 1.94. The summed E-state index contributed by atoms with van der Waals surface area (Å²) in [5.74, 6) is -0.375. The number of benzene rings is 1. The summed E-state index contributed by atoms with van der Waals surface area (Å²) in [6, 6.07) is 8.00. The third kappa shape index (κ3) is 4.02. The highest BCUT2D eigenvalue weighted by Crippen LogP contribution is 2.27. The molecule has 0 spiro atoms. The number of ether oxygens (including phenoxy) is 2. The second kappa shape index (κ2) is 7.77. The largest absolute Gasteiger partial charge is 0.381 e. The Morgan fingerprint density at radius 2 is 1.78 bits per heavy atom. The normalized spacial score (nSPS) is 20.3. The van der Waals surface area contributed by atoms with Crippen LogP contribution in [-0.4, -0.2) is 63.0 Å². The molecule has 0 unspecified atom stereocenters. The fraction of sp³-hybridized carbons (Fsp3) is 0.588. The van der Waals surface area contributed by atoms with Crippen molar-refractivity contribution in [2.24, 2.45) is 5.73 Å². The number of nitrogens with zero attached hydrogens (tertiary/aromatic N) is 2. The van der Waals surface area contributed by atoms with Crippen LogP contribution in [0.4, 0.5) is 5.69 Å². The van der Waals surface area contributed by atoms with E-state index in [1.165, 1.54) is 0 Å². The predicted octanol–water partition coefficient (Wildman–Crippen LogP) is 1.06. The van der Waals surface area contributed by atoms with Gasteiger partial charge in [0.05, 0.1) is 31.1 Å². The smallest absolute Gasteiger partial charge is 0.250 e. The van der Waals surface area contributed by atoms with Crippen molar-refractivity contribution in [1.29, 1.82) is 0 Å². The molecular weight excluding hydrogens is 294 g/mol. The highest BCUT2D eigenvalue weighted by molar-refractivity contribution is 5.98. The fourth-order valence-electron chi connectivity index (χ4n) is 3.28. The van der Waals surface area contributed by atoms with Gasteiger partial charge >= 0.3 is 0 Å². The summed E-state index contributed by atoms with van der Waals surface area (Å²) in [7, 11) is 0. The molecule has 6 heteroatoms. The van der Waals surface area contributed by atoms with E-state index >= 15 is 0 Å². The topological polar surface area (TPSA) is 68.0 Å². The Kier molecular flexibility index (Phi) is 5.48. The average Bonchev–Trinajstić information content (AvgIpc) is 2.61. The Balaban J connectivity index is 1.85. The molecule has 0 saturated carbocycles. The predicted molar refractivity (Wildman–Crippen MR) is 88.5 cm³/mol. The van der Waals surface area contributed by atoms with Crippen molar-refractivity contribution in [3.63, 3.8) is 0 Å². The van der Waals surface area contributed by atoms with Gasteiger partial charge in [-0.3, -0.25) is 9.69 Å². The van der Waals surface area contributed by atoms with Crippen LogP contribution in [-0.2, 0) is 9.47 Å². The second-order valence-electron chi connectivity index (χ2n) is 6.07. The molecule has 1 aromatic rings. The zero-order valence-corrected chi connectivity index (χ0v) is 13.4. The lowest BCUT2D eigenvalue weighted by atomic mass is 10.0. The summed E-state index contributed by atoms with van der Waals surface area (Å²) in [4.78, 5) is 16.5. The minimum Gasteiger partial charge on any atom is -0.381 e. The Labute approximate surface area is 137 Å². The van der Waals surface area contributed by atoms with Crippen molar-refractivity contribution < 1.29 is 14.3 Å². The molecule has 3 rings (SSSR count). The molecule has 2 N–H and O–H groups in total. The Morgan fingerprint density at radius 1 is 1.13 bits per heavy atom. The van der Waals surface area contributed by atoms with Gasteiger partial charge in [-0.1, -0.05) is 12.1 Å². The minimum absolute atomic E-state index is 0.368. The van der Waals surface area contributed by atoms with Crippen LogP contribution < -0.4 is 10.6 Å². The molecule has 2 heterocycles. The SMILES string of the molecule is NC(=O)c1ccccc1N(CN1CCOCC1)C1CCOCC1. The maximum Gasteiger partial charge on any atom is 0.250 e. The second-order valence-corrected chi connectivity index (χ2v) is 6.07. The molecule has 6 nitrogen and oxygen atoms in total. The summed E-state index contributed by atoms with van der Waals surface area (Å²) < 4.78 is 10.9. The molecule has 2 saturated heterocycles. The van der Waals surface area contributed by atoms with E-state index < -0.39 is 0 Å². The van der Waals surface area contributed by atoms with E-state index in [1.807, 2.05) is 24.3 Å². The van der Waals surface area contributed by atoms with Crippen LogP contribution in [0.3, 0.4) is 0 Å². The zero-order chi connectivity index (χ0) is 16.1. The van der Waals surface area contributed by atoms with Crippen molar-refractivity contribution in [3.05, 3.63) is 29.8 Å². The molecule has 0 aliphatic carbocycles. The van der Waals surface area contributed by atoms with E-state index in [1.54, 1.807) is 0 Å². The molecule has 0 bridgehead atoms. The summed E-state index contributed by atoms with van der Waals surface area (Å²) in [5.41, 5.74) is 7.11. The van der Waals surface area contributed by atoms with Crippen molar-refractivity contribution in [2.45, 2.75) is 18.9 Å². The number of hydrogen-bond donors (Lipinski definition) is 1. The van der Waals surface area contributed by atoms with E-state index in [0.717, 1.165) is 64.7 Å². The van der Waals surface area contributed by atoms with E-state index in [4.69, 9.17) is 15.2 Å². The lowest BCUT2D eigenvalue weighted by Crippen LogP contribution is -2.49. The molecule has 2 aliphatic heterocycles. The fourth-order valence-corrected chi connectivity index (χ4v) is 3.28. The van der Waals surface area contributed by atoms with Crippen LogP contribution in [0.1, 0.15) is 23.2 Å². The summed E-state index contributed by atoms with van der Waals surface area (Å²) in [5, 5.41) is 0. The highest BCUT2D eigenvalue weighted by Gasteiger charge is 2.26. The number of rotatable bonds is 5. The number of hydrogen-bond acceptors (Lipinski definition) is 5. The maximum atomic E-state index is 11.8. The van der Waals surface area contributed by atoms with E-state index in [9.17, 15) is 4.79 Å². The van der Waals surface area contributed by atoms with Gasteiger partial charge in [-0.25, -0.2) is 0 Å². The molecular formula is C17H25N3O3. The Hall–Kier alpha value is -1.63.